The average Bonchev–Trinajstić information content (AvgIpc) is 3.28. The van der Waals surface area contributed by atoms with Gasteiger partial charge in [0.1, 0.15) is 11.5 Å². The van der Waals surface area contributed by atoms with E-state index < -0.39 is 0 Å². The maximum atomic E-state index is 12.4. The van der Waals surface area contributed by atoms with E-state index in [-0.39, 0.29) is 17.5 Å². The number of likely N-dealkylation sites (tertiary alicyclic amines) is 1. The zero-order valence-corrected chi connectivity index (χ0v) is 18.8. The molecule has 1 amide bonds. The van der Waals surface area contributed by atoms with Gasteiger partial charge in [-0.1, -0.05) is 6.58 Å². The summed E-state index contributed by atoms with van der Waals surface area (Å²) in [6.07, 6.45) is 4.89. The summed E-state index contributed by atoms with van der Waals surface area (Å²) in [4.78, 5) is 37.5. The number of aromatic nitrogens is 3. The molecule has 1 atom stereocenters. The average molecular weight is 438 g/mol. The van der Waals surface area contributed by atoms with Gasteiger partial charge >= 0.3 is 5.69 Å². The van der Waals surface area contributed by atoms with Crippen LogP contribution in [0.1, 0.15) is 48.3 Å². The zero-order valence-electron chi connectivity index (χ0n) is 18.8. The Hall–Kier alpha value is -3.20. The molecule has 170 valence electrons. The van der Waals surface area contributed by atoms with Crippen molar-refractivity contribution in [2.75, 3.05) is 43.9 Å². The Labute approximate surface area is 187 Å². The first-order valence-corrected chi connectivity index (χ1v) is 11.1. The summed E-state index contributed by atoms with van der Waals surface area (Å²) in [5.74, 6) is 0.451. The number of hydrogen-bond donors (Lipinski definition) is 2. The quantitative estimate of drug-likeness (QED) is 0.730. The number of carbonyl (C=O) groups is 1. The summed E-state index contributed by atoms with van der Waals surface area (Å²) in [6, 6.07) is 6.07. The van der Waals surface area contributed by atoms with Gasteiger partial charge in [0.15, 0.2) is 0 Å². The van der Waals surface area contributed by atoms with E-state index in [0.717, 1.165) is 56.8 Å². The van der Waals surface area contributed by atoms with Crippen molar-refractivity contribution in [3.8, 4) is 0 Å². The van der Waals surface area contributed by atoms with E-state index >= 15 is 0 Å². The van der Waals surface area contributed by atoms with Crippen LogP contribution in [-0.4, -0.2) is 64.6 Å². The Morgan fingerprint density at radius 3 is 2.56 bits per heavy atom. The van der Waals surface area contributed by atoms with Gasteiger partial charge in [-0.15, -0.1) is 0 Å². The molecule has 2 aromatic heterocycles. The first kappa shape index (κ1) is 22.0. The highest BCUT2D eigenvalue weighted by Gasteiger charge is 2.32. The normalized spacial score (nSPS) is 19.8. The molecule has 4 rings (SSSR count). The first-order valence-electron chi connectivity index (χ1n) is 11.1. The molecule has 2 aromatic rings. The van der Waals surface area contributed by atoms with Gasteiger partial charge < -0.3 is 16.0 Å². The van der Waals surface area contributed by atoms with Crippen LogP contribution in [0.3, 0.4) is 0 Å². The number of pyridine rings is 1. The molecule has 2 saturated heterocycles. The third-order valence-corrected chi connectivity index (χ3v) is 6.54. The van der Waals surface area contributed by atoms with Crippen LogP contribution in [0.5, 0.6) is 0 Å². The first-order chi connectivity index (χ1) is 15.4. The number of hydrogen-bond acceptors (Lipinski definition) is 7. The maximum Gasteiger partial charge on any atom is 0.353 e. The molecule has 3 N–H and O–H groups in total. The summed E-state index contributed by atoms with van der Waals surface area (Å²) in [5.41, 5.74) is 8.57. The van der Waals surface area contributed by atoms with E-state index in [9.17, 15) is 9.59 Å². The topological polar surface area (TPSA) is 109 Å². The van der Waals surface area contributed by atoms with Crippen LogP contribution in [0.15, 0.2) is 35.8 Å². The minimum atomic E-state index is -0.352. The lowest BCUT2D eigenvalue weighted by Gasteiger charge is -2.37. The molecule has 4 heterocycles. The molecule has 0 radical (unpaired) electrons. The fraction of sp³-hybridized carbons (Fsp3) is 0.478. The van der Waals surface area contributed by atoms with Crippen molar-refractivity contribution >= 4 is 23.1 Å². The van der Waals surface area contributed by atoms with E-state index in [4.69, 9.17) is 5.73 Å². The van der Waals surface area contributed by atoms with Crippen molar-refractivity contribution in [3.63, 3.8) is 0 Å². The summed E-state index contributed by atoms with van der Waals surface area (Å²) < 4.78 is 1.35. The lowest BCUT2D eigenvalue weighted by Crippen LogP contribution is -2.44. The Kier molecular flexibility index (Phi) is 6.27. The van der Waals surface area contributed by atoms with Crippen LogP contribution < -0.4 is 21.6 Å². The van der Waals surface area contributed by atoms with Gasteiger partial charge in [0.05, 0.1) is 17.6 Å². The lowest BCUT2D eigenvalue weighted by atomic mass is 10.0. The van der Waals surface area contributed by atoms with Gasteiger partial charge in [-0.05, 0) is 44.9 Å². The number of nitrogen functional groups attached to an aromatic ring is 1. The number of nitrogens with one attached hydrogen (secondary N) is 1. The largest absolute Gasteiger partial charge is 0.385 e. The summed E-state index contributed by atoms with van der Waals surface area (Å²) >= 11 is 0. The van der Waals surface area contributed by atoms with Crippen molar-refractivity contribution in [3.05, 3.63) is 52.8 Å². The van der Waals surface area contributed by atoms with E-state index in [2.05, 4.69) is 31.7 Å². The second-order valence-corrected chi connectivity index (χ2v) is 8.64. The van der Waals surface area contributed by atoms with Crippen molar-refractivity contribution in [1.29, 1.82) is 0 Å². The van der Waals surface area contributed by atoms with Gasteiger partial charge in [0, 0.05) is 50.4 Å². The van der Waals surface area contributed by atoms with Crippen LogP contribution in [-0.2, 0) is 0 Å². The molecule has 9 heteroatoms. The smallest absolute Gasteiger partial charge is 0.353 e. The lowest BCUT2D eigenvalue weighted by molar-refractivity contribution is 0.0958. The minimum Gasteiger partial charge on any atom is -0.385 e. The van der Waals surface area contributed by atoms with Crippen LogP contribution in [0.25, 0.3) is 5.70 Å². The Bertz CT molecular complexity index is 1060. The predicted octanol–water partition coefficient (Wildman–Crippen LogP) is 1.53. The van der Waals surface area contributed by atoms with Crippen molar-refractivity contribution < 1.29 is 4.79 Å². The molecule has 0 saturated carbocycles. The van der Waals surface area contributed by atoms with Crippen molar-refractivity contribution in [2.45, 2.75) is 38.1 Å². The highest BCUT2D eigenvalue weighted by atomic mass is 16.2. The molecule has 32 heavy (non-hydrogen) atoms. The van der Waals surface area contributed by atoms with E-state index in [1.54, 1.807) is 26.2 Å². The van der Waals surface area contributed by atoms with Gasteiger partial charge in [-0.2, -0.15) is 4.98 Å². The van der Waals surface area contributed by atoms with E-state index in [0.29, 0.717) is 23.3 Å². The molecule has 2 aliphatic rings. The zero-order chi connectivity index (χ0) is 22.8. The van der Waals surface area contributed by atoms with Crippen molar-refractivity contribution in [1.82, 2.24) is 24.8 Å². The number of anilines is 2. The Morgan fingerprint density at radius 1 is 1.22 bits per heavy atom. The van der Waals surface area contributed by atoms with Crippen LogP contribution in [0, 0.1) is 0 Å². The molecule has 1 unspecified atom stereocenters. The Balaban J connectivity index is 1.35. The third kappa shape index (κ3) is 4.38. The standard InChI is InChI=1S/C23H31N7O2/c1-15(2)30-21(24)12-20(27-23(30)32)16-6-9-29(14-16)17-7-10-28(11-8-17)18-4-5-19(26-13-18)22(31)25-3/h4-5,12-13,16-17H,1,6-11,14,24H2,2-3H3,(H,25,31). The SMILES string of the molecule is C=C(C)n1c(N)cc(C2CCN(C3CCN(c4ccc(C(=O)NC)nc4)CC3)C2)nc1=O. The molecule has 9 nitrogen and oxygen atoms in total. The molecule has 0 bridgehead atoms. The summed E-state index contributed by atoms with van der Waals surface area (Å²) in [5, 5.41) is 2.59. The molecule has 0 spiro atoms. The number of nitrogens with zero attached hydrogens (tertiary/aromatic N) is 5. The molecule has 0 aliphatic carbocycles. The molecule has 2 aliphatic heterocycles. The third-order valence-electron chi connectivity index (χ3n) is 6.54. The van der Waals surface area contributed by atoms with Crippen LogP contribution in [0.2, 0.25) is 0 Å². The second-order valence-electron chi connectivity index (χ2n) is 8.64. The number of allylic oxidation sites excluding steroid dienone is 1. The second kappa shape index (κ2) is 9.12. The summed E-state index contributed by atoms with van der Waals surface area (Å²) in [6.45, 7) is 9.35. The highest BCUT2D eigenvalue weighted by Crippen LogP contribution is 2.31. The van der Waals surface area contributed by atoms with Crippen LogP contribution >= 0.6 is 0 Å². The molecular weight excluding hydrogens is 406 g/mol. The predicted molar refractivity (Wildman–Crippen MR) is 126 cm³/mol. The van der Waals surface area contributed by atoms with E-state index in [1.165, 1.54) is 4.57 Å². The van der Waals surface area contributed by atoms with Gasteiger partial charge in [0.2, 0.25) is 0 Å². The summed E-state index contributed by atoms with van der Waals surface area (Å²) in [7, 11) is 1.60. The maximum absolute atomic E-state index is 12.4. The van der Waals surface area contributed by atoms with Gasteiger partial charge in [0.25, 0.3) is 5.91 Å². The number of piperidine rings is 1. The van der Waals surface area contributed by atoms with E-state index in [1.807, 2.05) is 12.1 Å². The monoisotopic (exact) mass is 437 g/mol. The number of carbonyl (C=O) groups excluding carboxylic acids is 1. The highest BCUT2D eigenvalue weighted by molar-refractivity contribution is 5.92. The van der Waals surface area contributed by atoms with Gasteiger partial charge in [-0.3, -0.25) is 14.3 Å². The Morgan fingerprint density at radius 2 is 1.97 bits per heavy atom. The number of nitrogens with two attached hydrogens (primary N) is 1. The molecular formula is C23H31N7O2. The number of amides is 1. The minimum absolute atomic E-state index is 0.174. The van der Waals surface area contributed by atoms with Crippen LogP contribution in [0.4, 0.5) is 11.5 Å². The number of rotatable bonds is 5. The van der Waals surface area contributed by atoms with Gasteiger partial charge in [-0.25, -0.2) is 9.78 Å². The molecule has 2 fully saturated rings. The molecule has 0 aromatic carbocycles. The fourth-order valence-electron chi connectivity index (χ4n) is 4.80. The van der Waals surface area contributed by atoms with Crippen molar-refractivity contribution in [2.24, 2.45) is 0 Å². The fourth-order valence-corrected chi connectivity index (χ4v) is 4.80.